The number of ether oxygens (including phenoxy) is 2. The molecule has 4 atom stereocenters. The van der Waals surface area contributed by atoms with Gasteiger partial charge < -0.3 is 9.47 Å². The first kappa shape index (κ1) is 8.69. The topological polar surface area (TPSA) is 18.5 Å². The van der Waals surface area contributed by atoms with Crippen LogP contribution < -0.4 is 0 Å². The molecule has 1 fully saturated rings. The molecule has 3 rings (SSSR count). The minimum atomic E-state index is -0.450. The van der Waals surface area contributed by atoms with Gasteiger partial charge in [-0.3, -0.25) is 0 Å². The van der Waals surface area contributed by atoms with Crippen LogP contribution in [0, 0.1) is 23.7 Å². The lowest BCUT2D eigenvalue weighted by atomic mass is 9.82. The first-order valence-electron chi connectivity index (χ1n) is 5.29. The number of fused-ring (bicyclic) bond motifs is 5. The highest BCUT2D eigenvalue weighted by molar-refractivity contribution is 5.27. The van der Waals surface area contributed by atoms with Gasteiger partial charge in [0.05, 0.1) is 0 Å². The largest absolute Gasteiger partial charge is 0.349 e. The predicted molar refractivity (Wildman–Crippen MR) is 53.6 cm³/mol. The molecule has 0 aromatic rings. The van der Waals surface area contributed by atoms with Crippen LogP contribution in [0.25, 0.3) is 0 Å². The Balaban J connectivity index is 1.99. The molecule has 2 heteroatoms. The van der Waals surface area contributed by atoms with E-state index in [1.54, 1.807) is 14.2 Å². The van der Waals surface area contributed by atoms with E-state index in [9.17, 15) is 0 Å². The van der Waals surface area contributed by atoms with Gasteiger partial charge in [0.15, 0.2) is 5.79 Å². The first-order valence-corrected chi connectivity index (χ1v) is 5.29. The van der Waals surface area contributed by atoms with Crippen LogP contribution in [0.2, 0.25) is 0 Å². The Labute approximate surface area is 84.6 Å². The second kappa shape index (κ2) is 2.71. The zero-order valence-corrected chi connectivity index (χ0v) is 8.64. The normalized spacial score (nSPS) is 46.1. The first-order chi connectivity index (χ1) is 6.80. The Kier molecular flexibility index (Phi) is 1.68. The van der Waals surface area contributed by atoms with Gasteiger partial charge in [-0.25, -0.2) is 0 Å². The van der Waals surface area contributed by atoms with Crippen LogP contribution >= 0.6 is 0 Å². The van der Waals surface area contributed by atoms with Crippen LogP contribution in [-0.2, 0) is 9.47 Å². The molecule has 3 aliphatic carbocycles. The molecule has 0 saturated heterocycles. The molecule has 2 nitrogen and oxygen atoms in total. The lowest BCUT2D eigenvalue weighted by molar-refractivity contribution is -0.207. The van der Waals surface area contributed by atoms with Gasteiger partial charge in [-0.15, -0.1) is 0 Å². The van der Waals surface area contributed by atoms with E-state index >= 15 is 0 Å². The minimum Gasteiger partial charge on any atom is -0.349 e. The number of allylic oxidation sites excluding steroid dienone is 3. The molecule has 0 aromatic heterocycles. The monoisotopic (exact) mass is 192 g/mol. The van der Waals surface area contributed by atoms with Crippen molar-refractivity contribution in [2.24, 2.45) is 23.7 Å². The third-order valence-corrected chi connectivity index (χ3v) is 4.17. The van der Waals surface area contributed by atoms with Crippen molar-refractivity contribution in [1.82, 2.24) is 0 Å². The highest BCUT2D eigenvalue weighted by Crippen LogP contribution is 2.57. The van der Waals surface area contributed by atoms with Gasteiger partial charge in [-0.05, 0) is 30.3 Å². The molecule has 0 spiro atoms. The molecule has 0 aromatic carbocycles. The molecule has 14 heavy (non-hydrogen) atoms. The van der Waals surface area contributed by atoms with E-state index in [1.165, 1.54) is 6.42 Å². The molecular formula is C12H16O2. The highest BCUT2D eigenvalue weighted by Gasteiger charge is 2.56. The van der Waals surface area contributed by atoms with Gasteiger partial charge >= 0.3 is 0 Å². The molecule has 0 radical (unpaired) electrons. The second-order valence-corrected chi connectivity index (χ2v) is 4.54. The van der Waals surface area contributed by atoms with Crippen molar-refractivity contribution in [3.05, 3.63) is 24.3 Å². The summed E-state index contributed by atoms with van der Waals surface area (Å²) in [7, 11) is 3.48. The number of hydrogen-bond donors (Lipinski definition) is 0. The maximum atomic E-state index is 5.57. The maximum absolute atomic E-state index is 5.57. The van der Waals surface area contributed by atoms with Crippen molar-refractivity contribution in [3.63, 3.8) is 0 Å². The second-order valence-electron chi connectivity index (χ2n) is 4.54. The van der Waals surface area contributed by atoms with Gasteiger partial charge in [0.2, 0.25) is 0 Å². The van der Waals surface area contributed by atoms with Crippen molar-refractivity contribution in [2.75, 3.05) is 14.2 Å². The van der Waals surface area contributed by atoms with Crippen molar-refractivity contribution >= 4 is 0 Å². The molecular weight excluding hydrogens is 176 g/mol. The Morgan fingerprint density at radius 1 is 1.07 bits per heavy atom. The smallest absolute Gasteiger partial charge is 0.191 e. The van der Waals surface area contributed by atoms with Gasteiger partial charge in [0.25, 0.3) is 0 Å². The summed E-state index contributed by atoms with van der Waals surface area (Å²) in [5, 5.41) is 0. The summed E-state index contributed by atoms with van der Waals surface area (Å²) in [5.41, 5.74) is 0. The Bertz CT molecular complexity index is 301. The summed E-state index contributed by atoms with van der Waals surface area (Å²) >= 11 is 0. The van der Waals surface area contributed by atoms with E-state index in [0.29, 0.717) is 17.8 Å². The molecule has 0 heterocycles. The fourth-order valence-electron chi connectivity index (χ4n) is 3.54. The zero-order chi connectivity index (χ0) is 9.76. The third-order valence-electron chi connectivity index (χ3n) is 4.17. The Morgan fingerprint density at radius 3 is 2.50 bits per heavy atom. The fraction of sp³-hybridized carbons (Fsp3) is 0.667. The summed E-state index contributed by atoms with van der Waals surface area (Å²) in [4.78, 5) is 0. The predicted octanol–water partition coefficient (Wildman–Crippen LogP) is 1.98. The summed E-state index contributed by atoms with van der Waals surface area (Å²) in [5.74, 6) is 2.08. The summed E-state index contributed by atoms with van der Waals surface area (Å²) in [6.45, 7) is 0. The molecule has 1 saturated carbocycles. The highest BCUT2D eigenvalue weighted by atomic mass is 16.7. The molecule has 0 aliphatic heterocycles. The quantitative estimate of drug-likeness (QED) is 0.492. The maximum Gasteiger partial charge on any atom is 0.191 e. The van der Waals surface area contributed by atoms with Crippen LogP contribution in [0.4, 0.5) is 0 Å². The molecule has 0 N–H and O–H groups in total. The summed E-state index contributed by atoms with van der Waals surface area (Å²) in [6, 6.07) is 0. The van der Waals surface area contributed by atoms with Gasteiger partial charge in [-0.2, -0.15) is 0 Å². The molecule has 0 amide bonds. The van der Waals surface area contributed by atoms with E-state index in [2.05, 4.69) is 24.3 Å². The van der Waals surface area contributed by atoms with Gasteiger partial charge in [0.1, 0.15) is 0 Å². The molecule has 76 valence electrons. The lowest BCUT2D eigenvalue weighted by Crippen LogP contribution is -2.41. The van der Waals surface area contributed by atoms with Crippen LogP contribution in [0.3, 0.4) is 0 Å². The standard InChI is InChI=1S/C12H16O2/c1-13-12(14-2)6-5-10-8-3-4-9(7-8)11(10)12/h3-6,8-11H,7H2,1-2H3. The van der Waals surface area contributed by atoms with Gasteiger partial charge in [-0.1, -0.05) is 18.2 Å². The number of methoxy groups -OCH3 is 2. The third kappa shape index (κ3) is 0.836. The van der Waals surface area contributed by atoms with E-state index < -0.39 is 5.79 Å². The molecule has 3 aliphatic rings. The van der Waals surface area contributed by atoms with Crippen molar-refractivity contribution in [2.45, 2.75) is 12.2 Å². The summed E-state index contributed by atoms with van der Waals surface area (Å²) < 4.78 is 11.1. The average Bonchev–Trinajstić information content (AvgIpc) is 2.90. The minimum absolute atomic E-state index is 0.450. The van der Waals surface area contributed by atoms with Crippen LogP contribution in [0.15, 0.2) is 24.3 Å². The SMILES string of the molecule is COC1(OC)C=CC2C3C=CC(C3)C21. The summed E-state index contributed by atoms with van der Waals surface area (Å²) in [6.07, 6.45) is 10.4. The Hall–Kier alpha value is -0.600. The van der Waals surface area contributed by atoms with Crippen molar-refractivity contribution < 1.29 is 9.47 Å². The van der Waals surface area contributed by atoms with Gasteiger partial charge in [0, 0.05) is 20.1 Å². The number of hydrogen-bond acceptors (Lipinski definition) is 2. The van der Waals surface area contributed by atoms with E-state index in [4.69, 9.17) is 9.47 Å². The van der Waals surface area contributed by atoms with Crippen LogP contribution in [0.1, 0.15) is 6.42 Å². The Morgan fingerprint density at radius 2 is 1.79 bits per heavy atom. The molecule has 4 unspecified atom stereocenters. The van der Waals surface area contributed by atoms with Crippen molar-refractivity contribution in [3.8, 4) is 0 Å². The fourth-order valence-corrected chi connectivity index (χ4v) is 3.54. The molecule has 2 bridgehead atoms. The van der Waals surface area contributed by atoms with E-state index in [-0.39, 0.29) is 0 Å². The average molecular weight is 192 g/mol. The number of rotatable bonds is 2. The van der Waals surface area contributed by atoms with Crippen LogP contribution in [-0.4, -0.2) is 20.0 Å². The van der Waals surface area contributed by atoms with Crippen molar-refractivity contribution in [1.29, 1.82) is 0 Å². The van der Waals surface area contributed by atoms with E-state index in [1.807, 2.05) is 0 Å². The van der Waals surface area contributed by atoms with E-state index in [0.717, 1.165) is 5.92 Å². The zero-order valence-electron chi connectivity index (χ0n) is 8.64. The van der Waals surface area contributed by atoms with Crippen LogP contribution in [0.5, 0.6) is 0 Å². The lowest BCUT2D eigenvalue weighted by Gasteiger charge is -2.35.